The van der Waals surface area contributed by atoms with Crippen molar-refractivity contribution in [1.29, 1.82) is 0 Å². The summed E-state index contributed by atoms with van der Waals surface area (Å²) >= 11 is 0. The van der Waals surface area contributed by atoms with Crippen LogP contribution in [-0.2, 0) is 11.3 Å². The Hall–Kier alpha value is -3.22. The predicted molar refractivity (Wildman–Crippen MR) is 86.1 cm³/mol. The monoisotopic (exact) mass is 327 g/mol. The van der Waals surface area contributed by atoms with Crippen LogP contribution in [0.2, 0.25) is 0 Å². The predicted octanol–water partition coefficient (Wildman–Crippen LogP) is 1.76. The molecule has 0 radical (unpaired) electrons. The first-order chi connectivity index (χ1) is 11.6. The van der Waals surface area contributed by atoms with E-state index in [1.165, 1.54) is 18.2 Å². The Morgan fingerprint density at radius 2 is 1.83 bits per heavy atom. The number of nitrogens with one attached hydrogen (secondary N) is 2. The molecule has 0 saturated carbocycles. The molecular weight excluding hydrogens is 313 g/mol. The standard InChI is InChI=1S/C17H14FN3O3/c18-13-7-3-4-8-15(13)24-10-16(22)19-9-14-11-5-1-2-6-12(11)17(23)21-20-14/h1-8H,9-10H2,(H,19,22)(H,21,23). The lowest BCUT2D eigenvalue weighted by molar-refractivity contribution is -0.123. The second-order valence-electron chi connectivity index (χ2n) is 5.04. The third-order valence-corrected chi connectivity index (χ3v) is 3.42. The van der Waals surface area contributed by atoms with Crippen LogP contribution in [0.25, 0.3) is 10.8 Å². The van der Waals surface area contributed by atoms with Crippen LogP contribution in [0, 0.1) is 5.82 Å². The fraction of sp³-hybridized carbons (Fsp3) is 0.118. The molecule has 0 unspecified atom stereocenters. The Labute approximate surface area is 136 Å². The average molecular weight is 327 g/mol. The van der Waals surface area contributed by atoms with Crippen LogP contribution in [0.5, 0.6) is 5.75 Å². The summed E-state index contributed by atoms with van der Waals surface area (Å²) in [4.78, 5) is 23.5. The molecule has 0 atom stereocenters. The van der Waals surface area contributed by atoms with Gasteiger partial charge >= 0.3 is 0 Å². The van der Waals surface area contributed by atoms with E-state index in [0.29, 0.717) is 16.5 Å². The lowest BCUT2D eigenvalue weighted by Gasteiger charge is -2.09. The van der Waals surface area contributed by atoms with Gasteiger partial charge in [0.1, 0.15) is 0 Å². The maximum absolute atomic E-state index is 13.4. The fourth-order valence-corrected chi connectivity index (χ4v) is 2.24. The first-order valence-electron chi connectivity index (χ1n) is 7.25. The van der Waals surface area contributed by atoms with Gasteiger partial charge in [0.15, 0.2) is 18.2 Å². The van der Waals surface area contributed by atoms with Crippen molar-refractivity contribution < 1.29 is 13.9 Å². The maximum atomic E-state index is 13.4. The highest BCUT2D eigenvalue weighted by atomic mass is 19.1. The molecule has 2 N–H and O–H groups in total. The second-order valence-corrected chi connectivity index (χ2v) is 5.04. The zero-order chi connectivity index (χ0) is 16.9. The van der Waals surface area contributed by atoms with Gasteiger partial charge in [0.05, 0.1) is 17.6 Å². The molecule has 3 rings (SSSR count). The highest BCUT2D eigenvalue weighted by molar-refractivity contribution is 5.84. The van der Waals surface area contributed by atoms with Gasteiger partial charge < -0.3 is 10.1 Å². The van der Waals surface area contributed by atoms with Crippen molar-refractivity contribution in [2.75, 3.05) is 6.61 Å². The number of fused-ring (bicyclic) bond motifs is 1. The second kappa shape index (κ2) is 6.91. The smallest absolute Gasteiger partial charge is 0.272 e. The van der Waals surface area contributed by atoms with Gasteiger partial charge in [0.2, 0.25) is 0 Å². The maximum Gasteiger partial charge on any atom is 0.272 e. The Morgan fingerprint density at radius 3 is 2.62 bits per heavy atom. The minimum Gasteiger partial charge on any atom is -0.481 e. The van der Waals surface area contributed by atoms with Crippen LogP contribution in [0.3, 0.4) is 0 Å². The number of carbonyl (C=O) groups is 1. The van der Waals surface area contributed by atoms with Crippen LogP contribution in [0.1, 0.15) is 5.69 Å². The van der Waals surface area contributed by atoms with Gasteiger partial charge in [0, 0.05) is 5.39 Å². The van der Waals surface area contributed by atoms with Gasteiger partial charge in [-0.05, 0) is 18.2 Å². The summed E-state index contributed by atoms with van der Waals surface area (Å²) < 4.78 is 18.5. The van der Waals surface area contributed by atoms with Crippen molar-refractivity contribution in [1.82, 2.24) is 15.5 Å². The first-order valence-corrected chi connectivity index (χ1v) is 7.25. The molecule has 0 fully saturated rings. The largest absolute Gasteiger partial charge is 0.481 e. The van der Waals surface area contributed by atoms with Gasteiger partial charge in [-0.3, -0.25) is 9.59 Å². The van der Waals surface area contributed by atoms with Crippen LogP contribution < -0.4 is 15.6 Å². The summed E-state index contributed by atoms with van der Waals surface area (Å²) in [7, 11) is 0. The van der Waals surface area contributed by atoms with E-state index in [9.17, 15) is 14.0 Å². The number of aromatic amines is 1. The average Bonchev–Trinajstić information content (AvgIpc) is 2.61. The molecule has 6 nitrogen and oxygen atoms in total. The first kappa shape index (κ1) is 15.7. The number of halogens is 1. The number of carbonyl (C=O) groups excluding carboxylic acids is 1. The number of rotatable bonds is 5. The molecule has 2 aromatic carbocycles. The molecule has 24 heavy (non-hydrogen) atoms. The molecule has 3 aromatic rings. The molecule has 0 spiro atoms. The van der Waals surface area contributed by atoms with E-state index >= 15 is 0 Å². The van der Waals surface area contributed by atoms with Crippen molar-refractivity contribution in [3.05, 3.63) is 70.4 Å². The van der Waals surface area contributed by atoms with Gasteiger partial charge in [-0.2, -0.15) is 5.10 Å². The zero-order valence-corrected chi connectivity index (χ0v) is 12.6. The Bertz CT molecular complexity index is 940. The van der Waals surface area contributed by atoms with Gasteiger partial charge in [0.25, 0.3) is 11.5 Å². The number of nitrogens with zero attached hydrogens (tertiary/aromatic N) is 1. The van der Waals surface area contributed by atoms with Crippen molar-refractivity contribution in [2.45, 2.75) is 6.54 Å². The molecule has 1 amide bonds. The Balaban J connectivity index is 1.64. The lowest BCUT2D eigenvalue weighted by atomic mass is 10.1. The van der Waals surface area contributed by atoms with E-state index in [0.717, 1.165) is 0 Å². The van der Waals surface area contributed by atoms with E-state index in [1.807, 2.05) is 0 Å². The van der Waals surface area contributed by atoms with Crippen molar-refractivity contribution in [3.63, 3.8) is 0 Å². The minimum absolute atomic E-state index is 0.0141. The number of amides is 1. The van der Waals surface area contributed by atoms with Crippen molar-refractivity contribution >= 4 is 16.7 Å². The van der Waals surface area contributed by atoms with Crippen molar-refractivity contribution in [2.24, 2.45) is 0 Å². The molecule has 0 saturated heterocycles. The molecule has 0 aliphatic heterocycles. The van der Waals surface area contributed by atoms with E-state index in [4.69, 9.17) is 4.74 Å². The highest BCUT2D eigenvalue weighted by Crippen LogP contribution is 2.15. The molecule has 1 heterocycles. The van der Waals surface area contributed by atoms with E-state index < -0.39 is 11.7 Å². The number of aromatic nitrogens is 2. The number of H-pyrrole nitrogens is 1. The molecule has 1 aromatic heterocycles. The summed E-state index contributed by atoms with van der Waals surface area (Å²) in [6.07, 6.45) is 0. The quantitative estimate of drug-likeness (QED) is 0.748. The summed E-state index contributed by atoms with van der Waals surface area (Å²) in [6.45, 7) is -0.195. The van der Waals surface area contributed by atoms with Gasteiger partial charge in [-0.15, -0.1) is 0 Å². The van der Waals surface area contributed by atoms with Crippen LogP contribution in [0.15, 0.2) is 53.3 Å². The van der Waals surface area contributed by atoms with E-state index in [2.05, 4.69) is 15.5 Å². The van der Waals surface area contributed by atoms with E-state index in [1.54, 1.807) is 30.3 Å². The van der Waals surface area contributed by atoms with Gasteiger partial charge in [-0.25, -0.2) is 9.49 Å². The van der Waals surface area contributed by atoms with E-state index in [-0.39, 0.29) is 24.5 Å². The third-order valence-electron chi connectivity index (χ3n) is 3.42. The number of para-hydroxylation sites is 1. The zero-order valence-electron chi connectivity index (χ0n) is 12.6. The lowest BCUT2D eigenvalue weighted by Crippen LogP contribution is -2.29. The summed E-state index contributed by atoms with van der Waals surface area (Å²) in [5.74, 6) is -0.936. The van der Waals surface area contributed by atoms with Crippen LogP contribution in [0.4, 0.5) is 4.39 Å². The molecular formula is C17H14FN3O3. The summed E-state index contributed by atoms with van der Waals surface area (Å²) in [5.41, 5.74) is 0.244. The molecule has 0 bridgehead atoms. The number of ether oxygens (including phenoxy) is 1. The molecule has 0 aliphatic rings. The topological polar surface area (TPSA) is 84.1 Å². The normalized spacial score (nSPS) is 10.5. The SMILES string of the molecule is O=C(COc1ccccc1F)NCc1n[nH]c(=O)c2ccccc12. The molecule has 122 valence electrons. The highest BCUT2D eigenvalue weighted by Gasteiger charge is 2.09. The third kappa shape index (κ3) is 3.40. The summed E-state index contributed by atoms with van der Waals surface area (Å²) in [5, 5.41) is 10.1. The van der Waals surface area contributed by atoms with Crippen LogP contribution >= 0.6 is 0 Å². The molecule has 0 aliphatic carbocycles. The Morgan fingerprint density at radius 1 is 1.12 bits per heavy atom. The van der Waals surface area contributed by atoms with Crippen molar-refractivity contribution in [3.8, 4) is 5.75 Å². The number of hydrogen-bond donors (Lipinski definition) is 2. The number of hydrogen-bond acceptors (Lipinski definition) is 4. The number of benzene rings is 2. The van der Waals surface area contributed by atoms with Crippen LogP contribution in [-0.4, -0.2) is 22.7 Å². The summed E-state index contributed by atoms with van der Waals surface area (Å²) in [6, 6.07) is 12.8. The van der Waals surface area contributed by atoms with Gasteiger partial charge in [-0.1, -0.05) is 30.3 Å². The molecule has 7 heteroatoms. The Kier molecular flexibility index (Phi) is 4.51. The fourth-order valence-electron chi connectivity index (χ4n) is 2.24. The minimum atomic E-state index is -0.529.